The number of hydrogen-bond donors (Lipinski definition) is 1. The average molecular weight is 240 g/mol. The summed E-state index contributed by atoms with van der Waals surface area (Å²) in [6, 6.07) is -0.416. The van der Waals surface area contributed by atoms with Crippen molar-refractivity contribution in [3.8, 4) is 0 Å². The van der Waals surface area contributed by atoms with E-state index in [-0.39, 0.29) is 17.4 Å². The van der Waals surface area contributed by atoms with E-state index in [1.807, 2.05) is 6.92 Å². The van der Waals surface area contributed by atoms with Crippen molar-refractivity contribution >= 4 is 27.3 Å². The molecule has 0 bridgehead atoms. The molecule has 0 unspecified atom stereocenters. The van der Waals surface area contributed by atoms with Crippen molar-refractivity contribution in [2.45, 2.75) is 31.2 Å². The van der Waals surface area contributed by atoms with E-state index in [9.17, 15) is 13.2 Å². The van der Waals surface area contributed by atoms with Gasteiger partial charge in [-0.15, -0.1) is 11.6 Å². The van der Waals surface area contributed by atoms with Gasteiger partial charge in [0.1, 0.15) is 0 Å². The van der Waals surface area contributed by atoms with E-state index in [0.29, 0.717) is 6.42 Å². The van der Waals surface area contributed by atoms with Crippen LogP contribution in [0.25, 0.3) is 0 Å². The summed E-state index contributed by atoms with van der Waals surface area (Å²) in [5.74, 6) is -0.192. The first-order chi connectivity index (χ1) is 6.44. The monoisotopic (exact) mass is 239 g/mol. The lowest BCUT2D eigenvalue weighted by Gasteiger charge is -2.13. The van der Waals surface area contributed by atoms with Crippen molar-refractivity contribution in [2.75, 3.05) is 11.5 Å². The predicted octanol–water partition coefficient (Wildman–Crippen LogP) is 0.307. The van der Waals surface area contributed by atoms with Crippen LogP contribution in [0, 0.1) is 0 Å². The van der Waals surface area contributed by atoms with Crippen molar-refractivity contribution in [3.05, 3.63) is 0 Å². The molecule has 1 amide bonds. The van der Waals surface area contributed by atoms with Gasteiger partial charge in [-0.05, 0) is 6.42 Å². The maximum Gasteiger partial charge on any atom is 0.220 e. The van der Waals surface area contributed by atoms with Gasteiger partial charge in [-0.3, -0.25) is 4.79 Å². The lowest BCUT2D eigenvalue weighted by Crippen LogP contribution is -2.40. The Hall–Kier alpha value is -0.290. The first kappa shape index (κ1) is 11.8. The van der Waals surface area contributed by atoms with Gasteiger partial charge in [0.15, 0.2) is 9.84 Å². The molecule has 0 aromatic rings. The molecule has 14 heavy (non-hydrogen) atoms. The highest BCUT2D eigenvalue weighted by Gasteiger charge is 2.36. The molecule has 0 radical (unpaired) electrons. The molecule has 1 N–H and O–H groups in total. The van der Waals surface area contributed by atoms with Gasteiger partial charge < -0.3 is 5.32 Å². The summed E-state index contributed by atoms with van der Waals surface area (Å²) in [5, 5.41) is 2.15. The van der Waals surface area contributed by atoms with E-state index in [1.165, 1.54) is 0 Å². The molecule has 0 spiro atoms. The highest BCUT2D eigenvalue weighted by molar-refractivity contribution is 7.91. The van der Waals surface area contributed by atoms with Gasteiger partial charge in [-0.1, -0.05) is 6.92 Å². The molecule has 1 aliphatic heterocycles. The largest absolute Gasteiger partial charge is 0.351 e. The third kappa shape index (κ3) is 3.13. The molecule has 6 heteroatoms. The van der Waals surface area contributed by atoms with Crippen molar-refractivity contribution in [2.24, 2.45) is 0 Å². The van der Waals surface area contributed by atoms with E-state index < -0.39 is 21.3 Å². The fraction of sp³-hybridized carbons (Fsp3) is 0.875. The van der Waals surface area contributed by atoms with Crippen LogP contribution >= 0.6 is 11.6 Å². The summed E-state index contributed by atoms with van der Waals surface area (Å²) < 4.78 is 22.3. The number of alkyl halides is 1. The molecule has 0 aromatic carbocycles. The van der Waals surface area contributed by atoms with Gasteiger partial charge in [0.2, 0.25) is 5.91 Å². The second kappa shape index (κ2) is 4.49. The molecule has 2 atom stereocenters. The quantitative estimate of drug-likeness (QED) is 0.721. The zero-order chi connectivity index (χ0) is 10.8. The number of nitrogens with one attached hydrogen (secondary N) is 1. The molecular weight excluding hydrogens is 226 g/mol. The van der Waals surface area contributed by atoms with E-state index >= 15 is 0 Å². The fourth-order valence-corrected chi connectivity index (χ4v) is 3.99. The number of carbonyl (C=O) groups excluding carboxylic acids is 1. The summed E-state index contributed by atoms with van der Waals surface area (Å²) in [6.45, 7) is 1.89. The Morgan fingerprint density at radius 2 is 2.14 bits per heavy atom. The second-order valence-corrected chi connectivity index (χ2v) is 6.23. The first-order valence-corrected chi connectivity index (χ1v) is 6.84. The van der Waals surface area contributed by atoms with Crippen LogP contribution in [-0.2, 0) is 14.6 Å². The second-order valence-electron chi connectivity index (χ2n) is 3.52. The van der Waals surface area contributed by atoms with Crippen molar-refractivity contribution in [3.63, 3.8) is 0 Å². The van der Waals surface area contributed by atoms with Crippen molar-refractivity contribution in [1.82, 2.24) is 5.32 Å². The Morgan fingerprint density at radius 1 is 1.50 bits per heavy atom. The minimum absolute atomic E-state index is 0.0311. The lowest BCUT2D eigenvalue weighted by molar-refractivity contribution is -0.121. The van der Waals surface area contributed by atoms with E-state index in [1.54, 1.807) is 0 Å². The number of sulfone groups is 1. The zero-order valence-corrected chi connectivity index (χ0v) is 9.57. The Balaban J connectivity index is 2.51. The van der Waals surface area contributed by atoms with Crippen molar-refractivity contribution in [1.29, 1.82) is 0 Å². The number of hydrogen-bond acceptors (Lipinski definition) is 3. The van der Waals surface area contributed by atoms with E-state index in [4.69, 9.17) is 11.6 Å². The number of carbonyl (C=O) groups is 1. The van der Waals surface area contributed by atoms with Gasteiger partial charge >= 0.3 is 0 Å². The Kier molecular flexibility index (Phi) is 3.78. The van der Waals surface area contributed by atoms with Gasteiger partial charge in [-0.2, -0.15) is 0 Å². The van der Waals surface area contributed by atoms with Crippen LogP contribution in [0.15, 0.2) is 0 Å². The van der Waals surface area contributed by atoms with Gasteiger partial charge in [0, 0.05) is 6.42 Å². The minimum atomic E-state index is -3.05. The highest BCUT2D eigenvalue weighted by atomic mass is 35.5. The molecule has 0 aromatic heterocycles. The molecule has 1 saturated heterocycles. The van der Waals surface area contributed by atoms with Crippen molar-refractivity contribution < 1.29 is 13.2 Å². The Bertz CT molecular complexity index is 315. The Morgan fingerprint density at radius 3 is 2.57 bits per heavy atom. The smallest absolute Gasteiger partial charge is 0.220 e. The third-order valence-corrected chi connectivity index (χ3v) is 4.48. The fourth-order valence-electron chi connectivity index (χ4n) is 1.44. The molecule has 1 fully saturated rings. The van der Waals surface area contributed by atoms with E-state index in [2.05, 4.69) is 5.32 Å². The summed E-state index contributed by atoms with van der Waals surface area (Å²) >= 11 is 5.81. The summed E-state index contributed by atoms with van der Waals surface area (Å²) in [5.41, 5.74) is 0. The standard InChI is InChI=1S/C8H14ClNO3S/c1-2-3-8(11)10-7-5-14(12,13)4-6(7)9/h6-7H,2-5H2,1H3,(H,10,11)/t6-,7+/m1/s1. The Labute approximate surface area is 88.9 Å². The van der Waals surface area contributed by atoms with Gasteiger partial charge in [0.25, 0.3) is 0 Å². The first-order valence-electron chi connectivity index (χ1n) is 4.58. The summed E-state index contributed by atoms with van der Waals surface area (Å²) in [6.07, 6.45) is 1.17. The lowest BCUT2D eigenvalue weighted by atomic mass is 10.2. The highest BCUT2D eigenvalue weighted by Crippen LogP contribution is 2.17. The van der Waals surface area contributed by atoms with Crippen LogP contribution in [-0.4, -0.2) is 37.2 Å². The normalized spacial score (nSPS) is 30.1. The van der Waals surface area contributed by atoms with Crippen LogP contribution in [0.5, 0.6) is 0 Å². The molecule has 1 heterocycles. The number of rotatable bonds is 3. The summed E-state index contributed by atoms with van der Waals surface area (Å²) in [7, 11) is -3.05. The molecule has 0 saturated carbocycles. The van der Waals surface area contributed by atoms with Crippen LogP contribution in [0.2, 0.25) is 0 Å². The molecule has 1 rings (SSSR count). The summed E-state index contributed by atoms with van der Waals surface area (Å²) in [4.78, 5) is 11.2. The molecular formula is C8H14ClNO3S. The SMILES string of the molecule is CCCC(=O)N[C@H]1CS(=O)(=O)C[C@H]1Cl. The van der Waals surface area contributed by atoms with Crippen LogP contribution in [0.1, 0.15) is 19.8 Å². The maximum atomic E-state index is 11.2. The minimum Gasteiger partial charge on any atom is -0.351 e. The molecule has 1 aliphatic rings. The number of halogens is 1. The predicted molar refractivity (Wildman–Crippen MR) is 55.1 cm³/mol. The van der Waals surface area contributed by atoms with Crippen LogP contribution in [0.4, 0.5) is 0 Å². The molecule has 82 valence electrons. The van der Waals surface area contributed by atoms with Gasteiger partial charge in [0.05, 0.1) is 22.9 Å². The van der Waals surface area contributed by atoms with Crippen LogP contribution in [0.3, 0.4) is 0 Å². The zero-order valence-electron chi connectivity index (χ0n) is 7.99. The molecule has 4 nitrogen and oxygen atoms in total. The molecule has 0 aliphatic carbocycles. The number of amides is 1. The maximum absolute atomic E-state index is 11.2. The van der Waals surface area contributed by atoms with Crippen LogP contribution < -0.4 is 5.32 Å². The average Bonchev–Trinajstić information content (AvgIpc) is 2.25. The topological polar surface area (TPSA) is 63.2 Å². The van der Waals surface area contributed by atoms with E-state index in [0.717, 1.165) is 6.42 Å². The third-order valence-electron chi connectivity index (χ3n) is 2.11. The van der Waals surface area contributed by atoms with Gasteiger partial charge in [-0.25, -0.2) is 8.42 Å².